The summed E-state index contributed by atoms with van der Waals surface area (Å²) in [7, 11) is 0. The number of amides is 3. The Kier molecular flexibility index (Phi) is 13.1. The zero-order valence-corrected chi connectivity index (χ0v) is 34.5. The molecule has 51 heavy (non-hydrogen) atoms. The number of piperidine rings is 2. The number of nitrogens with one attached hydrogen (secondary N) is 1. The molecule has 2 atom stereocenters. The average molecular weight is 933 g/mol. The quantitative estimate of drug-likeness (QED) is 0.214. The minimum atomic E-state index is -0.694. The molecule has 6 rings (SSSR count). The molecular formula is C36H50I2N6O7. The molecule has 2 saturated carbocycles. The fourth-order valence-electron chi connectivity index (χ4n) is 6.51. The number of carboxylic acid groups (broad SMARTS) is 1. The van der Waals surface area contributed by atoms with Gasteiger partial charge in [0.05, 0.1) is 29.7 Å². The Labute approximate surface area is 327 Å². The fraction of sp³-hybridized carbons (Fsp3) is 0.611. The third-order valence-corrected chi connectivity index (χ3v) is 10.8. The summed E-state index contributed by atoms with van der Waals surface area (Å²) in [5, 5.41) is 12.0. The van der Waals surface area contributed by atoms with Crippen LogP contribution >= 0.6 is 45.2 Å². The number of carbonyl (C=O) groups excluding carboxylic acids is 3. The first kappa shape index (κ1) is 40.8. The highest BCUT2D eigenvalue weighted by atomic mass is 127. The maximum atomic E-state index is 12.5. The fourth-order valence-corrected chi connectivity index (χ4v) is 7.15. The molecule has 4 heterocycles. The number of pyridine rings is 2. The Morgan fingerprint density at radius 1 is 0.765 bits per heavy atom. The summed E-state index contributed by atoms with van der Waals surface area (Å²) < 4.78 is 12.6. The second-order valence-corrected chi connectivity index (χ2v) is 18.0. The monoisotopic (exact) mass is 932 g/mol. The first-order valence-corrected chi connectivity index (χ1v) is 19.3. The Bertz CT molecular complexity index is 1520. The average Bonchev–Trinajstić information content (AvgIpc) is 3.94. The van der Waals surface area contributed by atoms with Gasteiger partial charge in [-0.2, -0.15) is 0 Å². The molecule has 2 aromatic heterocycles. The predicted octanol–water partition coefficient (Wildman–Crippen LogP) is 7.04. The van der Waals surface area contributed by atoms with Gasteiger partial charge in [0.2, 0.25) is 5.91 Å². The van der Waals surface area contributed by atoms with Crippen LogP contribution in [-0.4, -0.2) is 86.3 Å². The molecule has 3 amide bonds. The van der Waals surface area contributed by atoms with Gasteiger partial charge in [-0.1, -0.05) is 0 Å². The van der Waals surface area contributed by atoms with Gasteiger partial charge in [0.1, 0.15) is 18.6 Å². The number of ether oxygens (including phenoxy) is 2. The van der Waals surface area contributed by atoms with Crippen LogP contribution in [0.4, 0.5) is 21.0 Å². The normalized spacial score (nSPS) is 21.3. The third-order valence-electron chi connectivity index (χ3n) is 9.56. The topological polar surface area (TPSA) is 177 Å². The van der Waals surface area contributed by atoms with Crippen molar-refractivity contribution >= 4 is 80.6 Å². The molecule has 13 nitrogen and oxygen atoms in total. The standard InChI is InChI=1S/C18H24IN3O3.C13H21NO4.C5H5IN2/c1-17(2,3)25-16(24)22-8-6-18(7-9-22)10-13(18)15(23)21-12-4-5-14(19)20-11-12;1-12(2,3)18-11(17)14-6-4-13(5-7-14)8-9(13)10(15)16;6-5-2-1-4(7)3-8-5/h4-5,11,13H,6-10H2,1-3H3,(H,21,23);9H,4-8H2,1-3H3,(H,15,16);1-3H,7H2. The number of nitrogens with two attached hydrogens (primary N) is 1. The Morgan fingerprint density at radius 3 is 1.55 bits per heavy atom. The number of hydrogen-bond acceptors (Lipinski definition) is 9. The molecule has 15 heteroatoms. The van der Waals surface area contributed by atoms with Crippen molar-refractivity contribution in [3.8, 4) is 0 Å². The number of halogens is 2. The third kappa shape index (κ3) is 12.0. The van der Waals surface area contributed by atoms with E-state index >= 15 is 0 Å². The van der Waals surface area contributed by atoms with E-state index in [4.69, 9.17) is 20.3 Å². The van der Waals surface area contributed by atoms with Crippen LogP contribution in [0.1, 0.15) is 80.1 Å². The number of anilines is 2. The van der Waals surface area contributed by atoms with Crippen molar-refractivity contribution in [2.45, 2.75) is 91.3 Å². The minimum absolute atomic E-state index is 0.0348. The highest BCUT2D eigenvalue weighted by molar-refractivity contribution is 14.1. The molecule has 2 saturated heterocycles. The van der Waals surface area contributed by atoms with Gasteiger partial charge >= 0.3 is 18.2 Å². The maximum absolute atomic E-state index is 12.5. The summed E-state index contributed by atoms with van der Waals surface area (Å²) in [4.78, 5) is 59.0. The molecule has 4 fully saturated rings. The second-order valence-electron chi connectivity index (χ2n) is 15.8. The van der Waals surface area contributed by atoms with Crippen LogP contribution in [-0.2, 0) is 19.1 Å². The molecule has 2 aliphatic carbocycles. The summed E-state index contributed by atoms with van der Waals surface area (Å²) in [6, 6.07) is 7.44. The number of likely N-dealkylation sites (tertiary alicyclic amines) is 2. The maximum Gasteiger partial charge on any atom is 0.410 e. The van der Waals surface area contributed by atoms with Gasteiger partial charge in [-0.05, 0) is 160 Å². The number of aromatic nitrogens is 2. The highest BCUT2D eigenvalue weighted by Gasteiger charge is 2.60. The summed E-state index contributed by atoms with van der Waals surface area (Å²) in [6.45, 7) is 13.7. The Morgan fingerprint density at radius 2 is 1.20 bits per heavy atom. The Hall–Kier alpha value is -2.96. The molecule has 4 aliphatic rings. The number of rotatable bonds is 3. The number of nitrogen functional groups attached to an aromatic ring is 1. The first-order chi connectivity index (χ1) is 23.7. The lowest BCUT2D eigenvalue weighted by Gasteiger charge is -2.34. The van der Waals surface area contributed by atoms with Gasteiger partial charge < -0.3 is 35.4 Å². The van der Waals surface area contributed by atoms with Crippen LogP contribution in [0.2, 0.25) is 0 Å². The molecule has 2 unspecified atom stereocenters. The first-order valence-electron chi connectivity index (χ1n) is 17.2. The lowest BCUT2D eigenvalue weighted by molar-refractivity contribution is -0.139. The number of carbonyl (C=O) groups is 4. The smallest absolute Gasteiger partial charge is 0.410 e. The van der Waals surface area contributed by atoms with Gasteiger partial charge in [0.25, 0.3) is 0 Å². The van der Waals surface area contributed by atoms with Crippen LogP contribution in [0.5, 0.6) is 0 Å². The van der Waals surface area contributed by atoms with Crippen molar-refractivity contribution in [2.75, 3.05) is 37.2 Å². The van der Waals surface area contributed by atoms with Crippen LogP contribution < -0.4 is 11.1 Å². The molecule has 4 N–H and O–H groups in total. The SMILES string of the molecule is CC(C)(C)OC(=O)N1CCC2(CC1)CC2C(=O)Nc1ccc(I)nc1.CC(C)(C)OC(=O)N1CCC2(CC1)CC2C(=O)O.Nc1ccc(I)nc1. The lowest BCUT2D eigenvalue weighted by Crippen LogP contribution is -2.42. The number of nitrogens with zero attached hydrogens (tertiary/aromatic N) is 4. The highest BCUT2D eigenvalue weighted by Crippen LogP contribution is 2.60. The van der Waals surface area contributed by atoms with E-state index < -0.39 is 17.2 Å². The predicted molar refractivity (Wildman–Crippen MR) is 210 cm³/mol. The van der Waals surface area contributed by atoms with Crippen molar-refractivity contribution in [3.05, 3.63) is 44.1 Å². The van der Waals surface area contributed by atoms with Crippen molar-refractivity contribution in [2.24, 2.45) is 22.7 Å². The van der Waals surface area contributed by atoms with E-state index in [0.717, 1.165) is 51.6 Å². The van der Waals surface area contributed by atoms with Gasteiger partial charge in [-0.15, -0.1) is 0 Å². The van der Waals surface area contributed by atoms with Crippen LogP contribution in [0.3, 0.4) is 0 Å². The summed E-state index contributed by atoms with van der Waals surface area (Å²) >= 11 is 4.26. The van der Waals surface area contributed by atoms with Crippen LogP contribution in [0, 0.1) is 30.1 Å². The van der Waals surface area contributed by atoms with E-state index in [0.29, 0.717) is 31.9 Å². The van der Waals surface area contributed by atoms with E-state index in [1.165, 1.54) is 0 Å². The molecule has 0 bridgehead atoms. The second kappa shape index (κ2) is 16.4. The molecule has 0 radical (unpaired) electrons. The summed E-state index contributed by atoms with van der Waals surface area (Å²) in [5.74, 6) is -0.791. The molecule has 280 valence electrons. The summed E-state index contributed by atoms with van der Waals surface area (Å²) in [6.07, 6.45) is 7.72. The Balaban J connectivity index is 0.000000194. The van der Waals surface area contributed by atoms with Crippen molar-refractivity contribution in [1.82, 2.24) is 19.8 Å². The zero-order chi connectivity index (χ0) is 37.8. The molecule has 2 aromatic rings. The van der Waals surface area contributed by atoms with E-state index in [2.05, 4.69) is 60.5 Å². The van der Waals surface area contributed by atoms with Crippen LogP contribution in [0.25, 0.3) is 0 Å². The largest absolute Gasteiger partial charge is 0.481 e. The van der Waals surface area contributed by atoms with E-state index in [1.54, 1.807) is 22.2 Å². The lowest BCUT2D eigenvalue weighted by atomic mass is 9.91. The van der Waals surface area contributed by atoms with Crippen molar-refractivity contribution < 1.29 is 33.8 Å². The molecular weight excluding hydrogens is 882 g/mol. The number of carboxylic acids is 1. The molecule has 2 spiro atoms. The van der Waals surface area contributed by atoms with Crippen LogP contribution in [0.15, 0.2) is 36.7 Å². The van der Waals surface area contributed by atoms with E-state index in [1.807, 2.05) is 65.8 Å². The van der Waals surface area contributed by atoms with Gasteiger partial charge in [-0.25, -0.2) is 19.6 Å². The van der Waals surface area contributed by atoms with E-state index in [9.17, 15) is 19.2 Å². The minimum Gasteiger partial charge on any atom is -0.481 e. The van der Waals surface area contributed by atoms with E-state index in [-0.39, 0.29) is 40.8 Å². The van der Waals surface area contributed by atoms with Gasteiger partial charge in [0.15, 0.2) is 0 Å². The van der Waals surface area contributed by atoms with Gasteiger partial charge in [-0.3, -0.25) is 9.59 Å². The molecule has 2 aliphatic heterocycles. The number of hydrogen-bond donors (Lipinski definition) is 3. The summed E-state index contributed by atoms with van der Waals surface area (Å²) in [5.41, 5.74) is 5.87. The van der Waals surface area contributed by atoms with Crippen molar-refractivity contribution in [3.63, 3.8) is 0 Å². The molecule has 0 aromatic carbocycles. The number of aliphatic carboxylic acids is 1. The van der Waals surface area contributed by atoms with Crippen molar-refractivity contribution in [1.29, 1.82) is 0 Å². The zero-order valence-electron chi connectivity index (χ0n) is 30.2. The van der Waals surface area contributed by atoms with Gasteiger partial charge in [0, 0.05) is 32.1 Å².